The Morgan fingerprint density at radius 3 is 1.83 bits per heavy atom. The van der Waals surface area contributed by atoms with Gasteiger partial charge in [0.25, 0.3) is 11.8 Å². The number of nitrogens with one attached hydrogen (secondary N) is 2. The van der Waals surface area contributed by atoms with E-state index in [-0.39, 0.29) is 13.2 Å². The number of carbonyl (C=O) groups is 4. The third-order valence-electron chi connectivity index (χ3n) is 2.83. The number of morpholine rings is 1. The van der Waals surface area contributed by atoms with Crippen LogP contribution in [0.4, 0.5) is 9.59 Å². The Morgan fingerprint density at radius 1 is 0.958 bits per heavy atom. The van der Waals surface area contributed by atoms with Crippen LogP contribution in [-0.2, 0) is 23.8 Å². The van der Waals surface area contributed by atoms with E-state index in [1.807, 2.05) is 10.6 Å². The number of alkyl carbamates (subject to hydrolysis) is 2. The molecule has 0 aromatic rings. The summed E-state index contributed by atoms with van der Waals surface area (Å²) < 4.78 is 14.4. The number of rotatable bonds is 5. The molecule has 10 nitrogen and oxygen atoms in total. The minimum absolute atomic E-state index is 0.0661. The van der Waals surface area contributed by atoms with Crippen molar-refractivity contribution in [3.63, 3.8) is 0 Å². The van der Waals surface area contributed by atoms with Crippen LogP contribution in [0.2, 0.25) is 0 Å². The second kappa shape index (κ2) is 10.2. The molecule has 1 aliphatic heterocycles. The van der Waals surface area contributed by atoms with Gasteiger partial charge in [-0.2, -0.15) is 0 Å². The van der Waals surface area contributed by atoms with Crippen molar-refractivity contribution in [2.45, 2.75) is 13.8 Å². The van der Waals surface area contributed by atoms with E-state index in [1.165, 1.54) is 6.20 Å². The van der Waals surface area contributed by atoms with Gasteiger partial charge in [0.1, 0.15) is 5.57 Å². The van der Waals surface area contributed by atoms with Gasteiger partial charge in [0.05, 0.1) is 26.4 Å². The Balaban J connectivity index is 2.86. The first-order valence-electron chi connectivity index (χ1n) is 7.47. The molecule has 1 saturated heterocycles. The lowest BCUT2D eigenvalue weighted by Gasteiger charge is -2.25. The second-order valence-corrected chi connectivity index (χ2v) is 4.54. The maximum Gasteiger partial charge on any atom is 0.414 e. The molecule has 0 atom stereocenters. The van der Waals surface area contributed by atoms with E-state index in [0.717, 1.165) is 0 Å². The summed E-state index contributed by atoms with van der Waals surface area (Å²) in [5, 5.41) is 3.83. The Hall–Kier alpha value is -2.62. The van der Waals surface area contributed by atoms with Crippen molar-refractivity contribution in [2.75, 3.05) is 39.5 Å². The van der Waals surface area contributed by atoms with E-state index in [1.54, 1.807) is 18.7 Å². The summed E-state index contributed by atoms with van der Waals surface area (Å²) in [5.74, 6) is -1.97. The van der Waals surface area contributed by atoms with Crippen molar-refractivity contribution in [3.05, 3.63) is 11.8 Å². The van der Waals surface area contributed by atoms with Gasteiger partial charge in [-0.25, -0.2) is 9.59 Å². The van der Waals surface area contributed by atoms with Crippen LogP contribution >= 0.6 is 0 Å². The van der Waals surface area contributed by atoms with E-state index in [9.17, 15) is 19.2 Å². The van der Waals surface area contributed by atoms with Crippen LogP contribution in [0.15, 0.2) is 11.8 Å². The predicted octanol–water partition coefficient (Wildman–Crippen LogP) is -0.252. The highest BCUT2D eigenvalue weighted by Gasteiger charge is 2.24. The molecular weight excluding hydrogens is 322 g/mol. The van der Waals surface area contributed by atoms with Crippen molar-refractivity contribution >= 4 is 24.0 Å². The molecule has 2 N–H and O–H groups in total. The minimum atomic E-state index is -0.987. The van der Waals surface area contributed by atoms with Crippen molar-refractivity contribution in [1.29, 1.82) is 0 Å². The fourth-order valence-electron chi connectivity index (χ4n) is 1.76. The number of hydrogen-bond donors (Lipinski definition) is 2. The highest BCUT2D eigenvalue weighted by Crippen LogP contribution is 2.04. The van der Waals surface area contributed by atoms with Gasteiger partial charge in [-0.15, -0.1) is 0 Å². The molecule has 0 unspecified atom stereocenters. The summed E-state index contributed by atoms with van der Waals surface area (Å²) in [6.45, 7) is 5.06. The van der Waals surface area contributed by atoms with E-state index < -0.39 is 29.6 Å². The minimum Gasteiger partial charge on any atom is -0.450 e. The van der Waals surface area contributed by atoms with Crippen molar-refractivity contribution in [1.82, 2.24) is 15.5 Å². The fourth-order valence-corrected chi connectivity index (χ4v) is 1.76. The quantitative estimate of drug-likeness (QED) is 0.398. The van der Waals surface area contributed by atoms with Gasteiger partial charge in [-0.1, -0.05) is 0 Å². The zero-order valence-corrected chi connectivity index (χ0v) is 13.6. The van der Waals surface area contributed by atoms with Gasteiger partial charge in [-0.3, -0.25) is 20.2 Å². The molecule has 0 bridgehead atoms. The van der Waals surface area contributed by atoms with E-state index in [0.29, 0.717) is 26.3 Å². The number of imide groups is 2. The summed E-state index contributed by atoms with van der Waals surface area (Å²) in [4.78, 5) is 48.7. The SMILES string of the molecule is CCOC(=O)NC(=O)C(=CN1CCOCC1)C(=O)NC(=O)OCC. The van der Waals surface area contributed by atoms with Gasteiger partial charge in [0, 0.05) is 19.3 Å². The van der Waals surface area contributed by atoms with Gasteiger partial charge < -0.3 is 19.1 Å². The molecule has 4 amide bonds. The summed E-state index contributed by atoms with van der Waals surface area (Å²) in [5.41, 5.74) is -0.419. The van der Waals surface area contributed by atoms with Crippen LogP contribution in [0.5, 0.6) is 0 Å². The molecule has 0 spiro atoms. The molecule has 24 heavy (non-hydrogen) atoms. The molecule has 0 saturated carbocycles. The number of hydrogen-bond acceptors (Lipinski definition) is 8. The summed E-state index contributed by atoms with van der Waals surface area (Å²) in [6.07, 6.45) is -0.704. The lowest BCUT2D eigenvalue weighted by molar-refractivity contribution is -0.123. The Labute approximate surface area is 139 Å². The third-order valence-corrected chi connectivity index (χ3v) is 2.83. The highest BCUT2D eigenvalue weighted by atomic mass is 16.6. The molecule has 1 heterocycles. The van der Waals surface area contributed by atoms with Crippen LogP contribution in [0.25, 0.3) is 0 Å². The first kappa shape index (κ1) is 19.4. The first-order chi connectivity index (χ1) is 11.5. The maximum absolute atomic E-state index is 12.1. The standard InChI is InChI=1S/C14H21N3O7/c1-3-23-13(20)15-11(18)10(9-17-5-7-22-8-6-17)12(19)16-14(21)24-4-2/h9H,3-8H2,1-2H3,(H,15,18,20)(H,16,19,21). The lowest BCUT2D eigenvalue weighted by atomic mass is 10.2. The van der Waals surface area contributed by atoms with E-state index in [2.05, 4.69) is 9.47 Å². The monoisotopic (exact) mass is 343 g/mol. The molecule has 1 rings (SSSR count). The normalized spacial score (nSPS) is 13.5. The molecule has 0 aliphatic carbocycles. The number of carbonyl (C=O) groups excluding carboxylic acids is 4. The molecule has 134 valence electrons. The Kier molecular flexibility index (Phi) is 8.26. The lowest BCUT2D eigenvalue weighted by Crippen LogP contribution is -2.42. The Bertz CT molecular complexity index is 478. The molecule has 0 aromatic carbocycles. The largest absolute Gasteiger partial charge is 0.450 e. The summed E-state index contributed by atoms with van der Waals surface area (Å²) in [6, 6.07) is 0. The van der Waals surface area contributed by atoms with Gasteiger partial charge in [-0.05, 0) is 13.8 Å². The van der Waals surface area contributed by atoms with Crippen LogP contribution in [0.3, 0.4) is 0 Å². The molecule has 0 aromatic heterocycles. The van der Waals surface area contributed by atoms with Gasteiger partial charge in [0.15, 0.2) is 0 Å². The van der Waals surface area contributed by atoms with Gasteiger partial charge >= 0.3 is 12.2 Å². The van der Waals surface area contributed by atoms with Crippen molar-refractivity contribution in [2.24, 2.45) is 0 Å². The van der Waals surface area contributed by atoms with E-state index >= 15 is 0 Å². The first-order valence-corrected chi connectivity index (χ1v) is 7.47. The average molecular weight is 343 g/mol. The predicted molar refractivity (Wildman–Crippen MR) is 80.8 cm³/mol. The van der Waals surface area contributed by atoms with Crippen LogP contribution in [0.1, 0.15) is 13.8 Å². The molecule has 10 heteroatoms. The fraction of sp³-hybridized carbons (Fsp3) is 0.571. The topological polar surface area (TPSA) is 123 Å². The smallest absolute Gasteiger partial charge is 0.414 e. The van der Waals surface area contributed by atoms with Crippen LogP contribution < -0.4 is 10.6 Å². The molecule has 1 fully saturated rings. The van der Waals surface area contributed by atoms with Gasteiger partial charge in [0.2, 0.25) is 0 Å². The second-order valence-electron chi connectivity index (χ2n) is 4.54. The zero-order valence-electron chi connectivity index (χ0n) is 13.6. The molecule has 0 radical (unpaired) electrons. The van der Waals surface area contributed by atoms with Crippen molar-refractivity contribution in [3.8, 4) is 0 Å². The maximum atomic E-state index is 12.1. The number of ether oxygens (including phenoxy) is 3. The zero-order chi connectivity index (χ0) is 17.9. The van der Waals surface area contributed by atoms with Crippen LogP contribution in [0, 0.1) is 0 Å². The van der Waals surface area contributed by atoms with Crippen molar-refractivity contribution < 1.29 is 33.4 Å². The average Bonchev–Trinajstić information content (AvgIpc) is 2.53. The molecular formula is C14H21N3O7. The molecule has 1 aliphatic rings. The third kappa shape index (κ3) is 6.65. The number of amides is 4. The Morgan fingerprint density at radius 2 is 1.42 bits per heavy atom. The van der Waals surface area contributed by atoms with E-state index in [4.69, 9.17) is 4.74 Å². The summed E-state index contributed by atoms with van der Waals surface area (Å²) >= 11 is 0. The summed E-state index contributed by atoms with van der Waals surface area (Å²) in [7, 11) is 0. The van der Waals surface area contributed by atoms with Crippen LogP contribution in [-0.4, -0.2) is 68.4 Å². The number of nitrogens with zero attached hydrogens (tertiary/aromatic N) is 1. The highest BCUT2D eigenvalue weighted by molar-refractivity contribution is 6.23.